The van der Waals surface area contributed by atoms with E-state index >= 15 is 0 Å². The van der Waals surface area contributed by atoms with Gasteiger partial charge < -0.3 is 10.3 Å². The number of rotatable bonds is 3. The normalized spacial score (nSPS) is 21.8. The highest BCUT2D eigenvalue weighted by Gasteiger charge is 2.24. The van der Waals surface area contributed by atoms with Crippen molar-refractivity contribution in [3.8, 4) is 6.07 Å². The van der Waals surface area contributed by atoms with Gasteiger partial charge in [-0.05, 0) is 30.9 Å². The second-order valence-corrected chi connectivity index (χ2v) is 6.30. The van der Waals surface area contributed by atoms with E-state index in [1.165, 1.54) is 6.42 Å². The van der Waals surface area contributed by atoms with E-state index in [2.05, 4.69) is 17.2 Å². The summed E-state index contributed by atoms with van der Waals surface area (Å²) in [5, 5.41) is 13.4. The summed E-state index contributed by atoms with van der Waals surface area (Å²) in [6, 6.07) is 10.1. The first-order valence-electron chi connectivity index (χ1n) is 8.18. The third-order valence-corrected chi connectivity index (χ3v) is 4.71. The molecule has 1 aliphatic rings. The van der Waals surface area contributed by atoms with Crippen LogP contribution in [0.25, 0.3) is 17.0 Å². The summed E-state index contributed by atoms with van der Waals surface area (Å²) < 4.78 is 0. The fourth-order valence-corrected chi connectivity index (χ4v) is 3.29. The van der Waals surface area contributed by atoms with E-state index in [1.807, 2.05) is 36.5 Å². The Morgan fingerprint density at radius 1 is 1.35 bits per heavy atom. The topological polar surface area (TPSA) is 68.7 Å². The van der Waals surface area contributed by atoms with Crippen molar-refractivity contribution in [2.45, 2.75) is 38.6 Å². The monoisotopic (exact) mass is 307 g/mol. The molecule has 1 aliphatic carbocycles. The van der Waals surface area contributed by atoms with Gasteiger partial charge in [-0.1, -0.05) is 38.0 Å². The number of hydrogen-bond donors (Lipinski definition) is 2. The summed E-state index contributed by atoms with van der Waals surface area (Å²) in [6.07, 6.45) is 8.00. The smallest absolute Gasteiger partial charge is 0.262 e. The van der Waals surface area contributed by atoms with E-state index in [-0.39, 0.29) is 17.5 Å². The Morgan fingerprint density at radius 3 is 2.91 bits per heavy atom. The predicted octanol–water partition coefficient (Wildman–Crippen LogP) is 3.77. The van der Waals surface area contributed by atoms with Crippen LogP contribution in [0.4, 0.5) is 0 Å². The van der Waals surface area contributed by atoms with Gasteiger partial charge in [-0.15, -0.1) is 0 Å². The molecule has 2 N–H and O–H groups in total. The van der Waals surface area contributed by atoms with Crippen LogP contribution in [-0.2, 0) is 4.79 Å². The molecule has 3 rings (SSSR count). The lowest BCUT2D eigenvalue weighted by molar-refractivity contribution is -0.118. The minimum Gasteiger partial charge on any atom is -0.361 e. The molecule has 0 unspecified atom stereocenters. The molecule has 1 heterocycles. The first-order valence-corrected chi connectivity index (χ1v) is 8.18. The van der Waals surface area contributed by atoms with E-state index in [0.29, 0.717) is 5.92 Å². The second kappa shape index (κ2) is 6.70. The number of fused-ring (bicyclic) bond motifs is 1. The van der Waals surface area contributed by atoms with Gasteiger partial charge in [0.2, 0.25) is 0 Å². The van der Waals surface area contributed by atoms with Crippen molar-refractivity contribution in [3.05, 3.63) is 41.6 Å². The summed E-state index contributed by atoms with van der Waals surface area (Å²) in [4.78, 5) is 15.6. The third-order valence-electron chi connectivity index (χ3n) is 4.71. The van der Waals surface area contributed by atoms with Crippen LogP contribution in [0.3, 0.4) is 0 Å². The van der Waals surface area contributed by atoms with Gasteiger partial charge in [0.05, 0.1) is 0 Å². The standard InChI is InChI=1S/C19H21N3O/c1-13-6-2-4-8-17(13)22-19(23)14(11-20)10-15-12-21-18-9-5-3-7-16(15)18/h3,5,7,9-10,12-13,17,21H,2,4,6,8H2,1H3,(H,22,23)/b14-10+/t13-,17+/m1/s1. The van der Waals surface area contributed by atoms with Crippen LogP contribution in [0.1, 0.15) is 38.2 Å². The molecule has 4 nitrogen and oxygen atoms in total. The summed E-state index contributed by atoms with van der Waals surface area (Å²) >= 11 is 0. The van der Waals surface area contributed by atoms with Crippen molar-refractivity contribution < 1.29 is 4.79 Å². The molecule has 118 valence electrons. The molecule has 1 aromatic carbocycles. The Hall–Kier alpha value is -2.54. The molecular formula is C19H21N3O. The number of para-hydroxylation sites is 1. The van der Waals surface area contributed by atoms with Gasteiger partial charge in [0, 0.05) is 28.7 Å². The molecule has 1 amide bonds. The highest BCUT2D eigenvalue weighted by atomic mass is 16.1. The molecular weight excluding hydrogens is 286 g/mol. The number of aromatic nitrogens is 1. The van der Waals surface area contributed by atoms with Crippen molar-refractivity contribution in [1.29, 1.82) is 5.26 Å². The second-order valence-electron chi connectivity index (χ2n) is 6.30. The lowest BCUT2D eigenvalue weighted by Gasteiger charge is -2.29. The molecule has 0 saturated heterocycles. The Bertz CT molecular complexity index is 781. The van der Waals surface area contributed by atoms with Crippen molar-refractivity contribution in [2.24, 2.45) is 5.92 Å². The first-order chi connectivity index (χ1) is 11.2. The van der Waals surface area contributed by atoms with Crippen molar-refractivity contribution >= 4 is 22.9 Å². The predicted molar refractivity (Wildman–Crippen MR) is 91.5 cm³/mol. The van der Waals surface area contributed by atoms with E-state index in [9.17, 15) is 10.1 Å². The number of nitrogens with zero attached hydrogens (tertiary/aromatic N) is 1. The van der Waals surface area contributed by atoms with Crippen LogP contribution in [0.15, 0.2) is 36.0 Å². The number of aromatic amines is 1. The number of carbonyl (C=O) groups excluding carboxylic acids is 1. The maximum Gasteiger partial charge on any atom is 0.262 e. The number of carbonyl (C=O) groups is 1. The van der Waals surface area contributed by atoms with Crippen molar-refractivity contribution in [3.63, 3.8) is 0 Å². The average Bonchev–Trinajstić information content (AvgIpc) is 2.97. The third kappa shape index (κ3) is 3.29. The molecule has 1 fully saturated rings. The van der Waals surface area contributed by atoms with Gasteiger partial charge in [-0.3, -0.25) is 4.79 Å². The number of H-pyrrole nitrogens is 1. The van der Waals surface area contributed by atoms with Crippen LogP contribution in [0.5, 0.6) is 0 Å². The quantitative estimate of drug-likeness (QED) is 0.669. The van der Waals surface area contributed by atoms with Gasteiger partial charge in [0.15, 0.2) is 0 Å². The van der Waals surface area contributed by atoms with Crippen molar-refractivity contribution in [1.82, 2.24) is 10.3 Å². The molecule has 2 aromatic rings. The zero-order chi connectivity index (χ0) is 16.2. The summed E-state index contributed by atoms with van der Waals surface area (Å²) in [7, 11) is 0. The fourth-order valence-electron chi connectivity index (χ4n) is 3.29. The number of hydrogen-bond acceptors (Lipinski definition) is 2. The lowest BCUT2D eigenvalue weighted by Crippen LogP contribution is -2.41. The Kier molecular flexibility index (Phi) is 4.47. The molecule has 0 radical (unpaired) electrons. The van der Waals surface area contributed by atoms with Gasteiger partial charge in [-0.2, -0.15) is 5.26 Å². The summed E-state index contributed by atoms with van der Waals surface area (Å²) in [6.45, 7) is 2.17. The van der Waals surface area contributed by atoms with Gasteiger partial charge in [-0.25, -0.2) is 0 Å². The Balaban J connectivity index is 1.81. The zero-order valence-electron chi connectivity index (χ0n) is 13.3. The van der Waals surface area contributed by atoms with Gasteiger partial charge >= 0.3 is 0 Å². The minimum absolute atomic E-state index is 0.160. The molecule has 1 saturated carbocycles. The number of nitriles is 1. The molecule has 1 aromatic heterocycles. The molecule has 0 bridgehead atoms. The maximum atomic E-state index is 12.4. The van der Waals surface area contributed by atoms with Gasteiger partial charge in [0.1, 0.15) is 11.6 Å². The molecule has 4 heteroatoms. The highest BCUT2D eigenvalue weighted by Crippen LogP contribution is 2.24. The van der Waals surface area contributed by atoms with Crippen LogP contribution in [-0.4, -0.2) is 16.9 Å². The van der Waals surface area contributed by atoms with Crippen LogP contribution < -0.4 is 5.32 Å². The van der Waals surface area contributed by atoms with E-state index in [4.69, 9.17) is 0 Å². The molecule has 0 aliphatic heterocycles. The SMILES string of the molecule is C[C@@H]1CCCC[C@@H]1NC(=O)/C(C#N)=C/c1c[nH]c2ccccc12. The minimum atomic E-state index is -0.267. The fraction of sp³-hybridized carbons (Fsp3) is 0.368. The molecule has 0 spiro atoms. The van der Waals surface area contributed by atoms with E-state index in [1.54, 1.807) is 6.08 Å². The van der Waals surface area contributed by atoms with E-state index < -0.39 is 0 Å². The Morgan fingerprint density at radius 2 is 2.13 bits per heavy atom. The van der Waals surface area contributed by atoms with Gasteiger partial charge in [0.25, 0.3) is 5.91 Å². The number of amides is 1. The highest BCUT2D eigenvalue weighted by molar-refractivity contribution is 6.04. The summed E-state index contributed by atoms with van der Waals surface area (Å²) in [5.74, 6) is 0.206. The lowest BCUT2D eigenvalue weighted by atomic mass is 9.86. The Labute approximate surface area is 136 Å². The number of nitrogens with one attached hydrogen (secondary N) is 2. The molecule has 2 atom stereocenters. The summed E-state index contributed by atoms with van der Waals surface area (Å²) in [5.41, 5.74) is 2.02. The van der Waals surface area contributed by atoms with Crippen LogP contribution in [0, 0.1) is 17.2 Å². The average molecular weight is 307 g/mol. The van der Waals surface area contributed by atoms with Crippen LogP contribution in [0.2, 0.25) is 0 Å². The van der Waals surface area contributed by atoms with Crippen LogP contribution >= 0.6 is 0 Å². The maximum absolute atomic E-state index is 12.4. The largest absolute Gasteiger partial charge is 0.361 e. The number of benzene rings is 1. The first kappa shape index (κ1) is 15.4. The van der Waals surface area contributed by atoms with Crippen molar-refractivity contribution in [2.75, 3.05) is 0 Å². The molecule has 23 heavy (non-hydrogen) atoms. The van der Waals surface area contributed by atoms with E-state index in [0.717, 1.165) is 35.7 Å². The zero-order valence-corrected chi connectivity index (χ0v) is 13.3.